The van der Waals surface area contributed by atoms with E-state index in [0.29, 0.717) is 29.0 Å². The Morgan fingerprint density at radius 1 is 1.03 bits per heavy atom. The van der Waals surface area contributed by atoms with Gasteiger partial charge in [0.25, 0.3) is 5.56 Å². The molecule has 0 saturated heterocycles. The summed E-state index contributed by atoms with van der Waals surface area (Å²) in [5, 5.41) is 3.75. The van der Waals surface area contributed by atoms with Crippen molar-refractivity contribution in [2.24, 2.45) is 0 Å². The number of ether oxygens (including phenoxy) is 1. The topological polar surface area (TPSA) is 78.2 Å². The Morgan fingerprint density at radius 3 is 2.59 bits per heavy atom. The molecule has 1 N–H and O–H groups in total. The summed E-state index contributed by atoms with van der Waals surface area (Å²) in [7, 11) is 1.56. The number of carbonyl (C=O) groups is 1. The van der Waals surface area contributed by atoms with E-state index in [1.807, 2.05) is 67.6 Å². The smallest absolute Gasteiger partial charge is 0.278 e. The minimum atomic E-state index is -0.262. The quantitative estimate of drug-likeness (QED) is 0.415. The van der Waals surface area contributed by atoms with Gasteiger partial charge >= 0.3 is 0 Å². The van der Waals surface area contributed by atoms with E-state index in [1.165, 1.54) is 0 Å². The molecule has 0 fully saturated rings. The van der Waals surface area contributed by atoms with Gasteiger partial charge in [0.2, 0.25) is 5.91 Å². The number of aryl methyl sites for hydroxylation is 1. The van der Waals surface area contributed by atoms with Crippen molar-refractivity contribution in [2.45, 2.75) is 20.0 Å². The number of rotatable bonds is 6. The highest BCUT2D eigenvalue weighted by Crippen LogP contribution is 2.27. The summed E-state index contributed by atoms with van der Waals surface area (Å²) in [5.41, 5.74) is 4.24. The van der Waals surface area contributed by atoms with Crippen LogP contribution in [0.2, 0.25) is 0 Å². The number of fused-ring (bicyclic) bond motifs is 3. The van der Waals surface area contributed by atoms with Crippen LogP contribution in [0.5, 0.6) is 5.75 Å². The van der Waals surface area contributed by atoms with Crippen molar-refractivity contribution in [1.29, 1.82) is 0 Å². The zero-order valence-electron chi connectivity index (χ0n) is 19.0. The van der Waals surface area contributed by atoms with Crippen LogP contribution in [-0.4, -0.2) is 27.1 Å². The molecule has 2 heterocycles. The summed E-state index contributed by atoms with van der Waals surface area (Å²) >= 11 is 0. The van der Waals surface area contributed by atoms with E-state index in [-0.39, 0.29) is 18.0 Å². The molecule has 0 unspecified atom stereocenters. The monoisotopic (exact) mass is 452 g/mol. The van der Waals surface area contributed by atoms with E-state index < -0.39 is 0 Å². The Balaban J connectivity index is 1.60. The van der Waals surface area contributed by atoms with Gasteiger partial charge < -0.3 is 14.6 Å². The first kappa shape index (κ1) is 21.5. The molecule has 0 atom stereocenters. The fraction of sp³-hybridized carbons (Fsp3) is 0.148. The van der Waals surface area contributed by atoms with Crippen molar-refractivity contribution < 1.29 is 9.53 Å². The number of nitrogens with one attached hydrogen (secondary N) is 1. The SMILES string of the molecule is COc1ccccc1NC(=O)Cn1c2ccc(C)cc2c2ncn(Cc3ccccc3)c(=O)c21. The lowest BCUT2D eigenvalue weighted by atomic mass is 10.1. The molecule has 0 radical (unpaired) electrons. The van der Waals surface area contributed by atoms with Gasteiger partial charge in [0, 0.05) is 5.39 Å². The van der Waals surface area contributed by atoms with Crippen LogP contribution in [0.25, 0.3) is 21.9 Å². The van der Waals surface area contributed by atoms with E-state index in [4.69, 9.17) is 4.74 Å². The van der Waals surface area contributed by atoms with Gasteiger partial charge in [-0.25, -0.2) is 4.98 Å². The van der Waals surface area contributed by atoms with E-state index >= 15 is 0 Å². The first-order valence-electron chi connectivity index (χ1n) is 11.0. The molecular weight excluding hydrogens is 428 g/mol. The summed E-state index contributed by atoms with van der Waals surface area (Å²) < 4.78 is 8.68. The third kappa shape index (κ3) is 3.92. The van der Waals surface area contributed by atoms with Crippen molar-refractivity contribution in [2.75, 3.05) is 12.4 Å². The number of hydrogen-bond acceptors (Lipinski definition) is 4. The van der Waals surface area contributed by atoms with Crippen LogP contribution in [0.1, 0.15) is 11.1 Å². The first-order chi connectivity index (χ1) is 16.5. The standard InChI is InChI=1S/C27H24N4O3/c1-18-12-13-22-20(14-18)25-26(27(33)30(17-28-25)15-19-8-4-3-5-9-19)31(22)16-24(32)29-21-10-6-7-11-23(21)34-2/h3-14,17H,15-16H2,1-2H3,(H,29,32). The fourth-order valence-corrected chi connectivity index (χ4v) is 4.25. The maximum absolute atomic E-state index is 13.6. The molecule has 34 heavy (non-hydrogen) atoms. The van der Waals surface area contributed by atoms with Gasteiger partial charge in [-0.15, -0.1) is 0 Å². The minimum Gasteiger partial charge on any atom is -0.495 e. The third-order valence-electron chi connectivity index (χ3n) is 5.86. The van der Waals surface area contributed by atoms with Crippen LogP contribution in [0.4, 0.5) is 5.69 Å². The predicted molar refractivity (Wildman–Crippen MR) is 133 cm³/mol. The van der Waals surface area contributed by atoms with Crippen molar-refractivity contribution in [3.05, 3.63) is 101 Å². The lowest BCUT2D eigenvalue weighted by Crippen LogP contribution is -2.25. The number of anilines is 1. The van der Waals surface area contributed by atoms with Gasteiger partial charge in [-0.05, 0) is 36.8 Å². The van der Waals surface area contributed by atoms with Crippen LogP contribution in [0.3, 0.4) is 0 Å². The summed E-state index contributed by atoms with van der Waals surface area (Å²) in [6, 6.07) is 22.9. The van der Waals surface area contributed by atoms with Gasteiger partial charge in [0.15, 0.2) is 0 Å². The van der Waals surface area contributed by atoms with Crippen molar-refractivity contribution >= 4 is 33.5 Å². The van der Waals surface area contributed by atoms with Crippen LogP contribution in [0.15, 0.2) is 83.9 Å². The van der Waals surface area contributed by atoms with Crippen molar-refractivity contribution in [3.63, 3.8) is 0 Å². The zero-order chi connectivity index (χ0) is 23.7. The highest BCUT2D eigenvalue weighted by molar-refractivity contribution is 6.07. The average molecular weight is 453 g/mol. The lowest BCUT2D eigenvalue weighted by Gasteiger charge is -2.12. The van der Waals surface area contributed by atoms with Gasteiger partial charge in [0.05, 0.1) is 31.2 Å². The first-order valence-corrected chi connectivity index (χ1v) is 11.0. The third-order valence-corrected chi connectivity index (χ3v) is 5.86. The van der Waals surface area contributed by atoms with Gasteiger partial charge in [-0.2, -0.15) is 0 Å². The Kier molecular flexibility index (Phi) is 5.59. The molecular formula is C27H24N4O3. The maximum atomic E-state index is 13.6. The van der Waals surface area contributed by atoms with Gasteiger partial charge in [-0.3, -0.25) is 14.2 Å². The average Bonchev–Trinajstić information content (AvgIpc) is 3.15. The van der Waals surface area contributed by atoms with E-state index in [1.54, 1.807) is 34.7 Å². The Morgan fingerprint density at radius 2 is 1.79 bits per heavy atom. The van der Waals surface area contributed by atoms with Crippen LogP contribution in [0, 0.1) is 6.92 Å². The summed E-state index contributed by atoms with van der Waals surface area (Å²) in [6.45, 7) is 2.36. The molecule has 1 amide bonds. The summed E-state index contributed by atoms with van der Waals surface area (Å²) in [6.07, 6.45) is 1.58. The molecule has 5 rings (SSSR count). The predicted octanol–water partition coefficient (Wildman–Crippen LogP) is 4.36. The second kappa shape index (κ2) is 8.86. The van der Waals surface area contributed by atoms with Crippen LogP contribution in [-0.2, 0) is 17.9 Å². The number of aromatic nitrogens is 3. The molecule has 170 valence electrons. The van der Waals surface area contributed by atoms with Gasteiger partial charge in [-0.1, -0.05) is 54.1 Å². The summed E-state index contributed by atoms with van der Waals surface area (Å²) in [5.74, 6) is 0.308. The van der Waals surface area contributed by atoms with E-state index in [2.05, 4.69) is 10.3 Å². The number of amides is 1. The number of para-hydroxylation sites is 2. The second-order valence-corrected chi connectivity index (χ2v) is 8.22. The maximum Gasteiger partial charge on any atom is 0.278 e. The Hall–Kier alpha value is -4.39. The number of carbonyl (C=O) groups excluding carboxylic acids is 1. The zero-order valence-corrected chi connectivity index (χ0v) is 19.0. The van der Waals surface area contributed by atoms with Crippen LogP contribution < -0.4 is 15.6 Å². The number of nitrogens with zero attached hydrogens (tertiary/aromatic N) is 3. The molecule has 0 aliphatic carbocycles. The molecule has 3 aromatic carbocycles. The highest BCUT2D eigenvalue weighted by atomic mass is 16.5. The Bertz CT molecular complexity index is 1570. The molecule has 2 aromatic heterocycles. The van der Waals surface area contributed by atoms with Crippen LogP contribution >= 0.6 is 0 Å². The van der Waals surface area contributed by atoms with Crippen molar-refractivity contribution in [3.8, 4) is 5.75 Å². The number of hydrogen-bond donors (Lipinski definition) is 1. The largest absolute Gasteiger partial charge is 0.495 e. The number of methoxy groups -OCH3 is 1. The molecule has 5 aromatic rings. The normalized spacial score (nSPS) is 11.1. The number of benzene rings is 3. The molecule has 7 heteroatoms. The summed E-state index contributed by atoms with van der Waals surface area (Å²) in [4.78, 5) is 31.3. The minimum absolute atomic E-state index is 0.0343. The highest BCUT2D eigenvalue weighted by Gasteiger charge is 2.19. The lowest BCUT2D eigenvalue weighted by molar-refractivity contribution is -0.116. The molecule has 7 nitrogen and oxygen atoms in total. The Labute approximate surface area is 196 Å². The molecule has 0 spiro atoms. The van der Waals surface area contributed by atoms with E-state index in [9.17, 15) is 9.59 Å². The van der Waals surface area contributed by atoms with E-state index in [0.717, 1.165) is 22.0 Å². The molecule has 0 bridgehead atoms. The van der Waals surface area contributed by atoms with Crippen molar-refractivity contribution in [1.82, 2.24) is 14.1 Å². The molecule has 0 saturated carbocycles. The second-order valence-electron chi connectivity index (χ2n) is 8.22. The molecule has 0 aliphatic heterocycles. The fourth-order valence-electron chi connectivity index (χ4n) is 4.25. The molecule has 0 aliphatic rings. The van der Waals surface area contributed by atoms with Gasteiger partial charge in [0.1, 0.15) is 23.3 Å².